The van der Waals surface area contributed by atoms with Crippen LogP contribution in [0.25, 0.3) is 0 Å². The van der Waals surface area contributed by atoms with Crippen molar-refractivity contribution in [2.24, 2.45) is 5.92 Å². The van der Waals surface area contributed by atoms with Crippen LogP contribution in [0.4, 0.5) is 0 Å². The van der Waals surface area contributed by atoms with Crippen molar-refractivity contribution < 1.29 is 17.7 Å². The number of amides is 1. The van der Waals surface area contributed by atoms with Crippen LogP contribution >= 0.6 is 0 Å². The number of nitrogens with zero attached hydrogens (tertiary/aromatic N) is 1. The van der Waals surface area contributed by atoms with E-state index in [2.05, 4.69) is 24.3 Å². The molecule has 0 aliphatic rings. The summed E-state index contributed by atoms with van der Waals surface area (Å²) in [5.74, 6) is 0.251. The summed E-state index contributed by atoms with van der Waals surface area (Å²) >= 11 is 0. The lowest BCUT2D eigenvalue weighted by molar-refractivity contribution is 0.0902. The van der Waals surface area contributed by atoms with Crippen LogP contribution in [0, 0.1) is 5.92 Å². The van der Waals surface area contributed by atoms with Gasteiger partial charge < -0.3 is 9.84 Å². The Morgan fingerprint density at radius 3 is 2.38 bits per heavy atom. The first-order chi connectivity index (χ1) is 11.2. The summed E-state index contributed by atoms with van der Waals surface area (Å²) in [4.78, 5) is 12.5. The van der Waals surface area contributed by atoms with Crippen LogP contribution in [-0.4, -0.2) is 25.7 Å². The highest BCUT2D eigenvalue weighted by atomic mass is 32.2. The predicted molar refractivity (Wildman–Crippen MR) is 90.5 cm³/mol. The van der Waals surface area contributed by atoms with Crippen LogP contribution < -0.4 is 5.32 Å². The molecule has 1 unspecified atom stereocenters. The summed E-state index contributed by atoms with van der Waals surface area (Å²) in [5.41, 5.74) is 1.55. The number of hydrogen-bond donors (Lipinski definition) is 1. The number of carbonyl (C=O) groups excluding carboxylic acids is 1. The fourth-order valence-electron chi connectivity index (χ4n) is 2.29. The smallest absolute Gasteiger partial charge is 0.290 e. The molecule has 0 aliphatic heterocycles. The van der Waals surface area contributed by atoms with E-state index >= 15 is 0 Å². The van der Waals surface area contributed by atoms with Gasteiger partial charge in [0.1, 0.15) is 0 Å². The van der Waals surface area contributed by atoms with Crippen LogP contribution in [0.5, 0.6) is 0 Å². The number of rotatable bonds is 6. The van der Waals surface area contributed by atoms with Crippen molar-refractivity contribution in [3.8, 4) is 0 Å². The molecule has 1 aromatic carbocycles. The van der Waals surface area contributed by atoms with E-state index in [-0.39, 0.29) is 22.6 Å². The molecule has 6 nitrogen and oxygen atoms in total. The lowest BCUT2D eigenvalue weighted by atomic mass is 10.1. The van der Waals surface area contributed by atoms with E-state index in [0.717, 1.165) is 23.9 Å². The van der Waals surface area contributed by atoms with Gasteiger partial charge >= 0.3 is 0 Å². The van der Waals surface area contributed by atoms with Crippen LogP contribution in [-0.2, 0) is 16.3 Å². The van der Waals surface area contributed by atoms with E-state index in [1.54, 1.807) is 18.2 Å². The average Bonchev–Trinajstić information content (AvgIpc) is 2.94. The van der Waals surface area contributed by atoms with Gasteiger partial charge in [0.05, 0.1) is 16.6 Å². The van der Waals surface area contributed by atoms with Crippen molar-refractivity contribution in [2.45, 2.75) is 38.1 Å². The van der Waals surface area contributed by atoms with Gasteiger partial charge in [0.2, 0.25) is 5.76 Å². The van der Waals surface area contributed by atoms with E-state index in [0.29, 0.717) is 5.92 Å². The van der Waals surface area contributed by atoms with Gasteiger partial charge in [-0.15, -0.1) is 0 Å². The molecular weight excluding hydrogens is 328 g/mol. The number of hydrogen-bond acceptors (Lipinski definition) is 5. The Hall–Kier alpha value is -2.15. The van der Waals surface area contributed by atoms with Gasteiger partial charge in [-0.25, -0.2) is 8.42 Å². The topological polar surface area (TPSA) is 89.3 Å². The zero-order valence-corrected chi connectivity index (χ0v) is 15.1. The second kappa shape index (κ2) is 7.17. The lowest BCUT2D eigenvalue weighted by Gasteiger charge is -2.13. The number of aromatic nitrogens is 1. The van der Waals surface area contributed by atoms with Crippen molar-refractivity contribution in [1.29, 1.82) is 0 Å². The Balaban J connectivity index is 2.04. The molecule has 0 fully saturated rings. The quantitative estimate of drug-likeness (QED) is 0.865. The first kappa shape index (κ1) is 18.2. The Kier molecular flexibility index (Phi) is 5.43. The maximum Gasteiger partial charge on any atom is 0.290 e. The van der Waals surface area contributed by atoms with E-state index in [1.165, 1.54) is 12.1 Å². The van der Waals surface area contributed by atoms with E-state index in [1.807, 2.05) is 6.92 Å². The normalized spacial score (nSPS) is 13.0. The molecule has 0 saturated carbocycles. The fraction of sp³-hybridized carbons (Fsp3) is 0.412. The summed E-state index contributed by atoms with van der Waals surface area (Å²) in [6, 6.07) is 7.79. The first-order valence-electron chi connectivity index (χ1n) is 7.73. The highest BCUT2D eigenvalue weighted by Crippen LogP contribution is 2.17. The molecule has 2 rings (SSSR count). The average molecular weight is 350 g/mol. The first-order valence-corrected chi connectivity index (χ1v) is 9.62. The SMILES string of the molecule is CC(C)Cc1cc(C(=O)NC(C)c2ccc(S(C)(=O)=O)cc2)on1. The third kappa shape index (κ3) is 4.67. The van der Waals surface area contributed by atoms with Crippen LogP contribution in [0.3, 0.4) is 0 Å². The molecule has 7 heteroatoms. The van der Waals surface area contributed by atoms with Crippen molar-refractivity contribution >= 4 is 15.7 Å². The van der Waals surface area contributed by atoms with Gasteiger partial charge in [0.15, 0.2) is 9.84 Å². The number of benzene rings is 1. The van der Waals surface area contributed by atoms with Crippen molar-refractivity contribution in [1.82, 2.24) is 10.5 Å². The summed E-state index contributed by atoms with van der Waals surface area (Å²) in [7, 11) is -3.23. The Bertz CT molecular complexity index is 807. The highest BCUT2D eigenvalue weighted by molar-refractivity contribution is 7.90. The van der Waals surface area contributed by atoms with Crippen molar-refractivity contribution in [2.75, 3.05) is 6.26 Å². The van der Waals surface area contributed by atoms with Gasteiger partial charge in [-0.3, -0.25) is 4.79 Å². The maximum atomic E-state index is 12.2. The molecule has 1 amide bonds. The molecule has 1 atom stereocenters. The predicted octanol–water partition coefficient (Wildman–Crippen LogP) is 2.77. The lowest BCUT2D eigenvalue weighted by Crippen LogP contribution is -2.26. The molecule has 0 radical (unpaired) electrons. The summed E-state index contributed by atoms with van der Waals surface area (Å²) in [5, 5.41) is 6.71. The minimum Gasteiger partial charge on any atom is -0.351 e. The largest absolute Gasteiger partial charge is 0.351 e. The van der Waals surface area contributed by atoms with Crippen LogP contribution in [0.15, 0.2) is 39.8 Å². The van der Waals surface area contributed by atoms with Gasteiger partial charge in [-0.05, 0) is 37.0 Å². The summed E-state index contributed by atoms with van der Waals surface area (Å²) < 4.78 is 28.0. The molecule has 0 saturated heterocycles. The van der Waals surface area contributed by atoms with Crippen molar-refractivity contribution in [3.05, 3.63) is 47.3 Å². The molecule has 0 aliphatic carbocycles. The van der Waals surface area contributed by atoms with E-state index < -0.39 is 9.84 Å². The van der Waals surface area contributed by atoms with Gasteiger partial charge in [-0.2, -0.15) is 0 Å². The Morgan fingerprint density at radius 1 is 1.21 bits per heavy atom. The third-order valence-corrected chi connectivity index (χ3v) is 4.68. The van der Waals surface area contributed by atoms with Gasteiger partial charge in [-0.1, -0.05) is 31.1 Å². The summed E-state index contributed by atoms with van der Waals surface area (Å²) in [6.07, 6.45) is 1.91. The molecular formula is C17H22N2O4S. The Labute approximate surface area is 142 Å². The van der Waals surface area contributed by atoms with Gasteiger partial charge in [0, 0.05) is 12.3 Å². The third-order valence-electron chi connectivity index (χ3n) is 3.56. The standard InChI is InChI=1S/C17H22N2O4S/c1-11(2)9-14-10-16(23-19-14)17(20)18-12(3)13-5-7-15(8-6-13)24(4,21)22/h5-8,10-12H,9H2,1-4H3,(H,18,20). The zero-order valence-electron chi connectivity index (χ0n) is 14.2. The number of carbonyl (C=O) groups is 1. The van der Waals surface area contributed by atoms with E-state index in [9.17, 15) is 13.2 Å². The minimum absolute atomic E-state index is 0.172. The summed E-state index contributed by atoms with van der Waals surface area (Å²) in [6.45, 7) is 5.95. The monoisotopic (exact) mass is 350 g/mol. The molecule has 0 bridgehead atoms. The second-order valence-electron chi connectivity index (χ2n) is 6.32. The highest BCUT2D eigenvalue weighted by Gasteiger charge is 2.17. The molecule has 1 aromatic heterocycles. The number of sulfone groups is 1. The molecule has 130 valence electrons. The zero-order chi connectivity index (χ0) is 17.9. The van der Waals surface area contributed by atoms with Crippen molar-refractivity contribution in [3.63, 3.8) is 0 Å². The number of nitrogens with one attached hydrogen (secondary N) is 1. The van der Waals surface area contributed by atoms with Crippen LogP contribution in [0.2, 0.25) is 0 Å². The van der Waals surface area contributed by atoms with E-state index in [4.69, 9.17) is 4.52 Å². The molecule has 24 heavy (non-hydrogen) atoms. The molecule has 0 spiro atoms. The minimum atomic E-state index is -3.23. The van der Waals surface area contributed by atoms with Gasteiger partial charge in [0.25, 0.3) is 5.91 Å². The van der Waals surface area contributed by atoms with Crippen LogP contribution in [0.1, 0.15) is 48.6 Å². The second-order valence-corrected chi connectivity index (χ2v) is 8.33. The fourth-order valence-corrected chi connectivity index (χ4v) is 2.92. The Morgan fingerprint density at radius 2 is 1.83 bits per heavy atom. The molecule has 1 N–H and O–H groups in total. The molecule has 1 heterocycles. The maximum absolute atomic E-state index is 12.2. The molecule has 2 aromatic rings.